The zero-order chi connectivity index (χ0) is 17.5. The molecular weight excluding hydrogens is 306 g/mol. The minimum Gasteiger partial charge on any atom is -0.483 e. The third-order valence-corrected chi connectivity index (χ3v) is 3.76. The van der Waals surface area contributed by atoms with Crippen LogP contribution in [-0.2, 0) is 9.59 Å². The van der Waals surface area contributed by atoms with E-state index in [0.29, 0.717) is 11.3 Å². The molecule has 0 saturated carbocycles. The van der Waals surface area contributed by atoms with E-state index < -0.39 is 11.9 Å². The van der Waals surface area contributed by atoms with E-state index in [4.69, 9.17) is 4.74 Å². The quantitative estimate of drug-likeness (QED) is 0.820. The largest absolute Gasteiger partial charge is 0.483 e. The normalized spacial score (nSPS) is 11.6. The Balaban J connectivity index is 1.91. The highest BCUT2D eigenvalue weighted by atomic mass is 16.5. The summed E-state index contributed by atoms with van der Waals surface area (Å²) < 4.78 is 5.57. The van der Waals surface area contributed by atoms with Crippen molar-refractivity contribution in [3.05, 3.63) is 65.2 Å². The first kappa shape index (κ1) is 17.5. The van der Waals surface area contributed by atoms with Crippen LogP contribution in [0.3, 0.4) is 0 Å². The van der Waals surface area contributed by atoms with Gasteiger partial charge in [-0.25, -0.2) is 0 Å². The molecule has 0 saturated heterocycles. The fourth-order valence-electron chi connectivity index (χ4n) is 2.46. The fourth-order valence-corrected chi connectivity index (χ4v) is 2.46. The number of hydrogen-bond donors (Lipinski definition) is 2. The summed E-state index contributed by atoms with van der Waals surface area (Å²) in [6, 6.07) is 14.6. The summed E-state index contributed by atoms with van der Waals surface area (Å²) >= 11 is 0. The molecule has 0 bridgehead atoms. The van der Waals surface area contributed by atoms with Crippen LogP contribution < -0.4 is 10.1 Å². The summed E-state index contributed by atoms with van der Waals surface area (Å²) in [7, 11) is 0. The number of aliphatic carboxylic acids is 1. The van der Waals surface area contributed by atoms with Crippen LogP contribution >= 0.6 is 0 Å². The topological polar surface area (TPSA) is 75.6 Å². The van der Waals surface area contributed by atoms with Crippen LogP contribution in [0, 0.1) is 13.8 Å². The van der Waals surface area contributed by atoms with Gasteiger partial charge in [-0.1, -0.05) is 48.5 Å². The van der Waals surface area contributed by atoms with Crippen LogP contribution in [0.15, 0.2) is 48.5 Å². The zero-order valence-corrected chi connectivity index (χ0v) is 13.8. The predicted octanol–water partition coefficient (Wildman–Crippen LogP) is 2.67. The first-order valence-electron chi connectivity index (χ1n) is 7.72. The number of ether oxygens (including phenoxy) is 1. The molecule has 0 spiro atoms. The van der Waals surface area contributed by atoms with E-state index in [1.54, 1.807) is 24.3 Å². The van der Waals surface area contributed by atoms with Gasteiger partial charge in [-0.3, -0.25) is 9.59 Å². The van der Waals surface area contributed by atoms with Gasteiger partial charge in [-0.15, -0.1) is 0 Å². The van der Waals surface area contributed by atoms with E-state index in [-0.39, 0.29) is 19.1 Å². The smallest absolute Gasteiger partial charge is 0.312 e. The molecule has 1 atom stereocenters. The number of carbonyl (C=O) groups excluding carboxylic acids is 1. The van der Waals surface area contributed by atoms with Gasteiger partial charge in [0, 0.05) is 6.54 Å². The van der Waals surface area contributed by atoms with E-state index in [2.05, 4.69) is 5.32 Å². The van der Waals surface area contributed by atoms with Crippen LogP contribution in [0.25, 0.3) is 0 Å². The maximum absolute atomic E-state index is 12.0. The lowest BCUT2D eigenvalue weighted by Gasteiger charge is -2.15. The fraction of sp³-hybridized carbons (Fsp3) is 0.263. The third kappa shape index (κ3) is 4.59. The average Bonchev–Trinajstić information content (AvgIpc) is 2.55. The molecule has 0 heterocycles. The Labute approximate surface area is 141 Å². The number of rotatable bonds is 7. The van der Waals surface area contributed by atoms with E-state index in [0.717, 1.165) is 11.1 Å². The molecule has 5 nitrogen and oxygen atoms in total. The van der Waals surface area contributed by atoms with Crippen molar-refractivity contribution in [1.82, 2.24) is 5.32 Å². The van der Waals surface area contributed by atoms with Crippen molar-refractivity contribution in [2.45, 2.75) is 19.8 Å². The summed E-state index contributed by atoms with van der Waals surface area (Å²) in [6.07, 6.45) is 0. The van der Waals surface area contributed by atoms with Crippen LogP contribution in [0.4, 0.5) is 0 Å². The number of carbonyl (C=O) groups is 2. The maximum Gasteiger partial charge on any atom is 0.312 e. The van der Waals surface area contributed by atoms with Crippen molar-refractivity contribution in [2.24, 2.45) is 0 Å². The van der Waals surface area contributed by atoms with E-state index in [1.807, 2.05) is 38.1 Å². The van der Waals surface area contributed by atoms with Crippen LogP contribution in [0.2, 0.25) is 0 Å². The first-order valence-corrected chi connectivity index (χ1v) is 7.72. The van der Waals surface area contributed by atoms with Crippen molar-refractivity contribution in [2.75, 3.05) is 13.2 Å². The number of hydrogen-bond acceptors (Lipinski definition) is 3. The zero-order valence-electron chi connectivity index (χ0n) is 13.8. The number of carboxylic acids is 1. The summed E-state index contributed by atoms with van der Waals surface area (Å²) in [5.41, 5.74) is 2.56. The molecule has 24 heavy (non-hydrogen) atoms. The molecule has 0 aromatic heterocycles. The summed E-state index contributed by atoms with van der Waals surface area (Å²) in [5.74, 6) is -1.42. The van der Waals surface area contributed by atoms with Crippen molar-refractivity contribution >= 4 is 11.9 Å². The third-order valence-electron chi connectivity index (χ3n) is 3.76. The molecule has 0 radical (unpaired) electrons. The minimum absolute atomic E-state index is 0.0221. The van der Waals surface area contributed by atoms with Gasteiger partial charge in [-0.2, -0.15) is 0 Å². The van der Waals surface area contributed by atoms with Gasteiger partial charge < -0.3 is 15.2 Å². The number of nitrogens with one attached hydrogen (secondary N) is 1. The Bertz CT molecular complexity index is 692. The molecule has 1 amide bonds. The Hall–Kier alpha value is -2.82. The summed E-state index contributed by atoms with van der Waals surface area (Å²) in [4.78, 5) is 23.4. The van der Waals surface area contributed by atoms with Crippen LogP contribution in [-0.4, -0.2) is 30.1 Å². The standard InChI is InChI=1S/C19H21NO4/c1-13-7-6-8-14(2)18(13)24-12-17(21)20-11-16(19(22)23)15-9-4-3-5-10-15/h3-10,16H,11-12H2,1-2H3,(H,20,21)(H,22,23). The maximum atomic E-state index is 12.0. The molecule has 5 heteroatoms. The minimum atomic E-state index is -0.975. The molecule has 2 aromatic carbocycles. The molecular formula is C19H21NO4. The molecule has 0 aliphatic rings. The molecule has 0 aliphatic heterocycles. The number of carboxylic acid groups (broad SMARTS) is 1. The predicted molar refractivity (Wildman–Crippen MR) is 91.2 cm³/mol. The van der Waals surface area contributed by atoms with Crippen molar-refractivity contribution < 1.29 is 19.4 Å². The summed E-state index contributed by atoms with van der Waals surface area (Å²) in [6.45, 7) is 3.70. The molecule has 126 valence electrons. The van der Waals surface area contributed by atoms with Gasteiger partial charge in [0.05, 0.1) is 5.92 Å². The first-order chi connectivity index (χ1) is 11.5. The second kappa shape index (κ2) is 8.15. The van der Waals surface area contributed by atoms with E-state index in [9.17, 15) is 14.7 Å². The SMILES string of the molecule is Cc1cccc(C)c1OCC(=O)NCC(C(=O)O)c1ccccc1. The second-order valence-electron chi connectivity index (χ2n) is 5.62. The molecule has 2 rings (SSSR count). The summed E-state index contributed by atoms with van der Waals surface area (Å²) in [5, 5.41) is 12.0. The second-order valence-corrected chi connectivity index (χ2v) is 5.62. The number of para-hydroxylation sites is 1. The molecule has 2 aromatic rings. The molecule has 0 aliphatic carbocycles. The van der Waals surface area contributed by atoms with Gasteiger partial charge in [0.15, 0.2) is 6.61 Å². The monoisotopic (exact) mass is 327 g/mol. The highest BCUT2D eigenvalue weighted by Crippen LogP contribution is 2.22. The van der Waals surface area contributed by atoms with Crippen LogP contribution in [0.5, 0.6) is 5.75 Å². The van der Waals surface area contributed by atoms with Gasteiger partial charge in [0.1, 0.15) is 5.75 Å². The highest BCUT2D eigenvalue weighted by Gasteiger charge is 2.20. The van der Waals surface area contributed by atoms with E-state index in [1.165, 1.54) is 0 Å². The molecule has 2 N–H and O–H groups in total. The number of benzene rings is 2. The lowest BCUT2D eigenvalue weighted by Crippen LogP contribution is -2.34. The Morgan fingerprint density at radius 3 is 2.25 bits per heavy atom. The van der Waals surface area contributed by atoms with Gasteiger partial charge in [-0.05, 0) is 30.5 Å². The van der Waals surface area contributed by atoms with Gasteiger partial charge in [0.25, 0.3) is 5.91 Å². The van der Waals surface area contributed by atoms with Crippen LogP contribution in [0.1, 0.15) is 22.6 Å². The highest BCUT2D eigenvalue weighted by molar-refractivity contribution is 5.80. The van der Waals surface area contributed by atoms with Gasteiger partial charge >= 0.3 is 5.97 Å². The number of aryl methyl sites for hydroxylation is 2. The van der Waals surface area contributed by atoms with E-state index >= 15 is 0 Å². The Morgan fingerprint density at radius 1 is 1.04 bits per heavy atom. The Morgan fingerprint density at radius 2 is 1.67 bits per heavy atom. The van der Waals surface area contributed by atoms with Gasteiger partial charge in [0.2, 0.25) is 0 Å². The molecule has 0 fully saturated rings. The van der Waals surface area contributed by atoms with Crippen molar-refractivity contribution in [1.29, 1.82) is 0 Å². The lowest BCUT2D eigenvalue weighted by atomic mass is 9.99. The van der Waals surface area contributed by atoms with Crippen molar-refractivity contribution in [3.8, 4) is 5.75 Å². The number of amides is 1. The Kier molecular flexibility index (Phi) is 5.95. The lowest BCUT2D eigenvalue weighted by molar-refractivity contribution is -0.138. The van der Waals surface area contributed by atoms with Crippen molar-refractivity contribution in [3.63, 3.8) is 0 Å². The molecule has 1 unspecified atom stereocenters. The average molecular weight is 327 g/mol.